The molecular formula is C19H19N5O. The molecule has 0 bridgehead atoms. The van der Waals surface area contributed by atoms with E-state index in [2.05, 4.69) is 44.0 Å². The second-order valence-corrected chi connectivity index (χ2v) is 6.44. The third kappa shape index (κ3) is 3.47. The van der Waals surface area contributed by atoms with E-state index in [1.807, 2.05) is 13.1 Å². The van der Waals surface area contributed by atoms with Gasteiger partial charge in [0, 0.05) is 47.9 Å². The minimum atomic E-state index is 0.477. The van der Waals surface area contributed by atoms with Gasteiger partial charge >= 0.3 is 0 Å². The van der Waals surface area contributed by atoms with Gasteiger partial charge in [0.2, 0.25) is 5.88 Å². The van der Waals surface area contributed by atoms with Crippen LogP contribution >= 0.6 is 0 Å². The highest BCUT2D eigenvalue weighted by molar-refractivity contribution is 5.65. The fourth-order valence-corrected chi connectivity index (χ4v) is 2.87. The molecule has 0 aromatic carbocycles. The van der Waals surface area contributed by atoms with Gasteiger partial charge in [0.1, 0.15) is 12.2 Å². The molecule has 2 unspecified atom stereocenters. The van der Waals surface area contributed by atoms with Crippen LogP contribution in [0.1, 0.15) is 29.4 Å². The molecule has 0 spiro atoms. The Kier molecular flexibility index (Phi) is 4.09. The molecule has 1 fully saturated rings. The Morgan fingerprint density at radius 2 is 1.88 bits per heavy atom. The minimum absolute atomic E-state index is 0.477. The third-order valence-corrected chi connectivity index (χ3v) is 4.42. The lowest BCUT2D eigenvalue weighted by Crippen LogP contribution is -2.05. The molecule has 1 aliphatic rings. The summed E-state index contributed by atoms with van der Waals surface area (Å²) in [4.78, 5) is 21.4. The minimum Gasteiger partial charge on any atom is -0.477 e. The summed E-state index contributed by atoms with van der Waals surface area (Å²) in [6.45, 7) is 4.53. The Morgan fingerprint density at radius 3 is 2.64 bits per heavy atom. The molecule has 4 rings (SSSR count). The van der Waals surface area contributed by atoms with Gasteiger partial charge < -0.3 is 4.74 Å². The van der Waals surface area contributed by atoms with E-state index in [4.69, 9.17) is 4.74 Å². The molecule has 1 aliphatic carbocycles. The lowest BCUT2D eigenvalue weighted by molar-refractivity contribution is 0.285. The Hall–Kier alpha value is -2.89. The van der Waals surface area contributed by atoms with Gasteiger partial charge in [0.05, 0.1) is 12.2 Å². The van der Waals surface area contributed by atoms with Crippen LogP contribution in [-0.4, -0.2) is 31.5 Å². The molecule has 6 nitrogen and oxygen atoms in total. The number of rotatable bonds is 5. The molecular weight excluding hydrogens is 314 g/mol. The van der Waals surface area contributed by atoms with Gasteiger partial charge in [-0.1, -0.05) is 6.07 Å². The van der Waals surface area contributed by atoms with E-state index in [0.29, 0.717) is 30.1 Å². The number of aryl methyl sites for hydroxylation is 2. The first kappa shape index (κ1) is 15.6. The van der Waals surface area contributed by atoms with Crippen molar-refractivity contribution in [2.45, 2.75) is 26.2 Å². The number of nitrogens with zero attached hydrogens (tertiary/aromatic N) is 5. The van der Waals surface area contributed by atoms with Crippen LogP contribution in [0.2, 0.25) is 0 Å². The number of ether oxygens (including phenoxy) is 1. The average molecular weight is 333 g/mol. The first-order valence-corrected chi connectivity index (χ1v) is 8.35. The second-order valence-electron chi connectivity index (χ2n) is 6.44. The van der Waals surface area contributed by atoms with Gasteiger partial charge in [-0.25, -0.2) is 15.0 Å². The molecule has 0 amide bonds. The maximum Gasteiger partial charge on any atom is 0.224 e. The molecule has 0 radical (unpaired) electrons. The summed E-state index contributed by atoms with van der Waals surface area (Å²) in [5, 5.41) is 0. The van der Waals surface area contributed by atoms with E-state index in [0.717, 1.165) is 23.2 Å². The van der Waals surface area contributed by atoms with Gasteiger partial charge in [-0.15, -0.1) is 0 Å². The van der Waals surface area contributed by atoms with E-state index in [9.17, 15) is 0 Å². The van der Waals surface area contributed by atoms with Crippen LogP contribution in [0.25, 0.3) is 11.1 Å². The largest absolute Gasteiger partial charge is 0.477 e. The first-order chi connectivity index (χ1) is 12.2. The van der Waals surface area contributed by atoms with E-state index in [-0.39, 0.29) is 0 Å². The lowest BCUT2D eigenvalue weighted by Gasteiger charge is -2.10. The fraction of sp³-hybridized carbons (Fsp3) is 0.316. The lowest BCUT2D eigenvalue weighted by atomic mass is 10.2. The SMILES string of the molecule is Cc1ccc(C2CC2COc2nc(C)ncc2-c2cncnc2)nc1. The average Bonchev–Trinajstić information content (AvgIpc) is 3.41. The monoisotopic (exact) mass is 333 g/mol. The molecule has 1 saturated carbocycles. The van der Waals surface area contributed by atoms with Crippen molar-refractivity contribution in [3.63, 3.8) is 0 Å². The summed E-state index contributed by atoms with van der Waals surface area (Å²) in [5.41, 5.74) is 4.00. The van der Waals surface area contributed by atoms with E-state index in [1.165, 1.54) is 11.9 Å². The van der Waals surface area contributed by atoms with E-state index in [1.54, 1.807) is 18.6 Å². The van der Waals surface area contributed by atoms with Gasteiger partial charge in [0.25, 0.3) is 0 Å². The summed E-state index contributed by atoms with van der Waals surface area (Å²) in [7, 11) is 0. The molecule has 3 aromatic rings. The van der Waals surface area contributed by atoms with Gasteiger partial charge in [-0.3, -0.25) is 4.98 Å². The summed E-state index contributed by atoms with van der Waals surface area (Å²) in [5.74, 6) is 2.23. The van der Waals surface area contributed by atoms with Gasteiger partial charge in [-0.2, -0.15) is 4.98 Å². The van der Waals surface area contributed by atoms with E-state index < -0.39 is 0 Å². The predicted molar refractivity (Wildman–Crippen MR) is 93.1 cm³/mol. The standard InChI is InChI=1S/C19H19N5O/c1-12-3-4-18(23-6-12)16-5-14(16)10-25-19-17(9-22-13(2)24-19)15-7-20-11-21-8-15/h3-4,6-9,11,14,16H,5,10H2,1-2H3. The van der Waals surface area contributed by atoms with Crippen molar-refractivity contribution >= 4 is 0 Å². The van der Waals surface area contributed by atoms with Crippen molar-refractivity contribution in [2.75, 3.05) is 6.61 Å². The number of hydrogen-bond acceptors (Lipinski definition) is 6. The number of aromatic nitrogens is 5. The van der Waals surface area contributed by atoms with Crippen molar-refractivity contribution in [1.82, 2.24) is 24.9 Å². The topological polar surface area (TPSA) is 73.7 Å². The fourth-order valence-electron chi connectivity index (χ4n) is 2.87. The second kappa shape index (κ2) is 6.55. The highest BCUT2D eigenvalue weighted by Gasteiger charge is 2.40. The maximum atomic E-state index is 6.04. The highest BCUT2D eigenvalue weighted by Crippen LogP contribution is 2.46. The molecule has 0 N–H and O–H groups in total. The van der Waals surface area contributed by atoms with Crippen LogP contribution in [0.3, 0.4) is 0 Å². The summed E-state index contributed by atoms with van der Waals surface area (Å²) in [6, 6.07) is 4.22. The van der Waals surface area contributed by atoms with Crippen LogP contribution < -0.4 is 4.74 Å². The smallest absolute Gasteiger partial charge is 0.224 e. The predicted octanol–water partition coefficient (Wildman–Crippen LogP) is 3.13. The van der Waals surface area contributed by atoms with Crippen molar-refractivity contribution in [3.05, 3.63) is 60.3 Å². The normalized spacial score (nSPS) is 18.8. The number of hydrogen-bond donors (Lipinski definition) is 0. The van der Waals surface area contributed by atoms with Crippen molar-refractivity contribution in [3.8, 4) is 17.0 Å². The summed E-state index contributed by atoms with van der Waals surface area (Å²) in [6.07, 6.45) is 9.77. The van der Waals surface area contributed by atoms with Crippen LogP contribution in [0.15, 0.2) is 43.2 Å². The molecule has 3 heterocycles. The van der Waals surface area contributed by atoms with E-state index >= 15 is 0 Å². The summed E-state index contributed by atoms with van der Waals surface area (Å²) < 4.78 is 6.04. The zero-order chi connectivity index (χ0) is 17.2. The van der Waals surface area contributed by atoms with Crippen LogP contribution in [-0.2, 0) is 0 Å². The molecule has 126 valence electrons. The quantitative estimate of drug-likeness (QED) is 0.714. The molecule has 0 aliphatic heterocycles. The van der Waals surface area contributed by atoms with Crippen LogP contribution in [0.5, 0.6) is 5.88 Å². The Morgan fingerprint density at radius 1 is 1.04 bits per heavy atom. The maximum absolute atomic E-state index is 6.04. The molecule has 3 aromatic heterocycles. The van der Waals surface area contributed by atoms with Crippen LogP contribution in [0.4, 0.5) is 0 Å². The Bertz CT molecular complexity index is 867. The van der Waals surface area contributed by atoms with Gasteiger partial charge in [-0.05, 0) is 31.9 Å². The Balaban J connectivity index is 1.47. The summed E-state index contributed by atoms with van der Waals surface area (Å²) >= 11 is 0. The zero-order valence-corrected chi connectivity index (χ0v) is 14.3. The molecule has 25 heavy (non-hydrogen) atoms. The third-order valence-electron chi connectivity index (χ3n) is 4.42. The van der Waals surface area contributed by atoms with Crippen molar-refractivity contribution < 1.29 is 4.74 Å². The van der Waals surface area contributed by atoms with Crippen LogP contribution in [0, 0.1) is 19.8 Å². The molecule has 6 heteroatoms. The Labute approximate surface area is 146 Å². The zero-order valence-electron chi connectivity index (χ0n) is 14.3. The number of pyridine rings is 1. The molecule has 2 atom stereocenters. The van der Waals surface area contributed by atoms with Crippen molar-refractivity contribution in [1.29, 1.82) is 0 Å². The van der Waals surface area contributed by atoms with Crippen molar-refractivity contribution in [2.24, 2.45) is 5.92 Å². The molecule has 0 saturated heterocycles. The van der Waals surface area contributed by atoms with Gasteiger partial charge in [0.15, 0.2) is 0 Å². The first-order valence-electron chi connectivity index (χ1n) is 8.35. The highest BCUT2D eigenvalue weighted by atomic mass is 16.5.